The number of pyridine rings is 1. The molecule has 5 heterocycles. The molecule has 3 fully saturated rings. The van der Waals surface area contributed by atoms with Gasteiger partial charge in [-0.2, -0.15) is 5.10 Å². The Bertz CT molecular complexity index is 1290. The van der Waals surface area contributed by atoms with Crippen molar-refractivity contribution in [2.24, 2.45) is 18.4 Å². The Kier molecular flexibility index (Phi) is 7.20. The maximum Gasteiger partial charge on any atom is 0.228 e. The van der Waals surface area contributed by atoms with Crippen molar-refractivity contribution in [2.75, 3.05) is 51.3 Å². The number of nitrogens with one attached hydrogen (secondary N) is 1. The van der Waals surface area contributed by atoms with Crippen LogP contribution >= 0.6 is 0 Å². The summed E-state index contributed by atoms with van der Waals surface area (Å²) in [5.41, 5.74) is 3.86. The van der Waals surface area contributed by atoms with Crippen LogP contribution < -0.4 is 5.32 Å². The summed E-state index contributed by atoms with van der Waals surface area (Å²) >= 11 is 0. The second kappa shape index (κ2) is 10.8. The molecule has 3 aliphatic heterocycles. The van der Waals surface area contributed by atoms with E-state index in [1.165, 1.54) is 30.5 Å². The fourth-order valence-corrected chi connectivity index (χ4v) is 6.26. The molecule has 8 nitrogen and oxygen atoms in total. The molecule has 3 aliphatic rings. The predicted molar refractivity (Wildman–Crippen MR) is 150 cm³/mol. The number of piperidine rings is 2. The smallest absolute Gasteiger partial charge is 0.228 e. The van der Waals surface area contributed by atoms with Crippen LogP contribution in [-0.4, -0.2) is 76.4 Å². The van der Waals surface area contributed by atoms with Gasteiger partial charge in [0.15, 0.2) is 0 Å². The van der Waals surface area contributed by atoms with Crippen LogP contribution in [0.4, 0.5) is 5.82 Å². The number of anilines is 1. The molecule has 202 valence electrons. The molecule has 0 bridgehead atoms. The average molecular weight is 517 g/mol. The van der Waals surface area contributed by atoms with Gasteiger partial charge in [0.25, 0.3) is 0 Å². The van der Waals surface area contributed by atoms with Gasteiger partial charge in [-0.1, -0.05) is 25.5 Å². The maximum absolute atomic E-state index is 13.1. The second-order valence-corrected chi connectivity index (χ2v) is 11.9. The van der Waals surface area contributed by atoms with Gasteiger partial charge < -0.3 is 15.0 Å². The van der Waals surface area contributed by atoms with Gasteiger partial charge in [0.2, 0.25) is 5.91 Å². The average Bonchev–Trinajstić information content (AvgIpc) is 3.28. The normalized spacial score (nSPS) is 20.9. The third-order valence-corrected chi connectivity index (χ3v) is 8.63. The fourth-order valence-electron chi connectivity index (χ4n) is 6.26. The van der Waals surface area contributed by atoms with E-state index in [-0.39, 0.29) is 17.2 Å². The monoisotopic (exact) mass is 516 g/mol. The summed E-state index contributed by atoms with van der Waals surface area (Å²) in [6.45, 7) is 10.2. The maximum atomic E-state index is 13.1. The molecule has 2 aromatic heterocycles. The molecule has 0 radical (unpaired) electrons. The van der Waals surface area contributed by atoms with Crippen molar-refractivity contribution in [3.8, 4) is 11.1 Å². The molecule has 38 heavy (non-hydrogen) atoms. The van der Waals surface area contributed by atoms with Crippen LogP contribution in [0.25, 0.3) is 21.9 Å². The zero-order chi connectivity index (χ0) is 26.1. The summed E-state index contributed by atoms with van der Waals surface area (Å²) in [7, 11) is 2.04. The first-order valence-electron chi connectivity index (χ1n) is 14.2. The van der Waals surface area contributed by atoms with Crippen LogP contribution in [0.1, 0.15) is 44.7 Å². The molecule has 8 heteroatoms. The molecular formula is C30H40N6O2. The molecule has 1 aromatic carbocycles. The third-order valence-electron chi connectivity index (χ3n) is 8.63. The van der Waals surface area contributed by atoms with Crippen molar-refractivity contribution in [2.45, 2.75) is 45.6 Å². The Hall–Kier alpha value is -2.81. The number of carbonyl (C=O) groups excluding carboxylic acids is 1. The number of benzene rings is 1. The molecule has 0 spiro atoms. The highest BCUT2D eigenvalue weighted by atomic mass is 16.5. The molecule has 1 N–H and O–H groups in total. The minimum Gasteiger partial charge on any atom is -0.380 e. The molecule has 6 rings (SSSR count). The van der Waals surface area contributed by atoms with Gasteiger partial charge in [0.1, 0.15) is 5.82 Å². The van der Waals surface area contributed by atoms with Gasteiger partial charge in [-0.3, -0.25) is 14.4 Å². The van der Waals surface area contributed by atoms with Crippen molar-refractivity contribution in [3.05, 3.63) is 42.4 Å². The van der Waals surface area contributed by atoms with Crippen molar-refractivity contribution >= 4 is 22.5 Å². The number of hydrogen-bond acceptors (Lipinski definition) is 6. The number of likely N-dealkylation sites (tertiary alicyclic amines) is 2. The SMILES string of the molecule is Cn1ncc(-c2ccc3cnc(NC(=O)C4CCN(CC5(C)COC5)CC4)cc3c2)c1CN1CCCCC1. The number of hydrogen-bond donors (Lipinski definition) is 1. The van der Waals surface area contributed by atoms with E-state index < -0.39 is 0 Å². The Balaban J connectivity index is 1.13. The summed E-state index contributed by atoms with van der Waals surface area (Å²) in [5, 5.41) is 9.84. The predicted octanol–water partition coefficient (Wildman–Crippen LogP) is 4.31. The van der Waals surface area contributed by atoms with E-state index in [0.29, 0.717) is 5.82 Å². The van der Waals surface area contributed by atoms with E-state index >= 15 is 0 Å². The number of aryl methyl sites for hydroxylation is 1. The lowest BCUT2D eigenvalue weighted by atomic mass is 9.86. The lowest BCUT2D eigenvalue weighted by Gasteiger charge is -2.43. The highest BCUT2D eigenvalue weighted by Crippen LogP contribution is 2.31. The second-order valence-electron chi connectivity index (χ2n) is 11.9. The number of carbonyl (C=O) groups is 1. The van der Waals surface area contributed by atoms with Crippen LogP contribution in [0.2, 0.25) is 0 Å². The van der Waals surface area contributed by atoms with Gasteiger partial charge >= 0.3 is 0 Å². The van der Waals surface area contributed by atoms with E-state index in [1.54, 1.807) is 0 Å². The topological polar surface area (TPSA) is 75.5 Å². The summed E-state index contributed by atoms with van der Waals surface area (Å²) < 4.78 is 7.41. The Labute approximate surface area is 225 Å². The number of fused-ring (bicyclic) bond motifs is 1. The number of amides is 1. The Morgan fingerprint density at radius 3 is 2.55 bits per heavy atom. The number of aromatic nitrogens is 3. The lowest BCUT2D eigenvalue weighted by Crippen LogP contribution is -2.51. The Morgan fingerprint density at radius 2 is 1.82 bits per heavy atom. The van der Waals surface area contributed by atoms with E-state index in [4.69, 9.17) is 4.74 Å². The molecule has 3 aromatic rings. The molecule has 0 saturated carbocycles. The third kappa shape index (κ3) is 5.48. The van der Waals surface area contributed by atoms with Crippen molar-refractivity contribution in [1.82, 2.24) is 24.6 Å². The summed E-state index contributed by atoms with van der Waals surface area (Å²) in [4.78, 5) is 22.7. The van der Waals surface area contributed by atoms with Crippen LogP contribution in [0, 0.1) is 11.3 Å². The van der Waals surface area contributed by atoms with Crippen LogP contribution in [-0.2, 0) is 23.1 Å². The highest BCUT2D eigenvalue weighted by Gasteiger charge is 2.36. The van der Waals surface area contributed by atoms with Gasteiger partial charge in [-0.05, 0) is 74.9 Å². The zero-order valence-electron chi connectivity index (χ0n) is 22.8. The molecule has 3 saturated heterocycles. The first-order chi connectivity index (χ1) is 18.5. The molecule has 0 aliphatic carbocycles. The van der Waals surface area contributed by atoms with Gasteiger partial charge in [-0.15, -0.1) is 0 Å². The largest absolute Gasteiger partial charge is 0.380 e. The van der Waals surface area contributed by atoms with Crippen molar-refractivity contribution in [1.29, 1.82) is 0 Å². The van der Waals surface area contributed by atoms with Crippen LogP contribution in [0.3, 0.4) is 0 Å². The van der Waals surface area contributed by atoms with E-state index in [1.807, 2.05) is 30.2 Å². The first kappa shape index (κ1) is 25.5. The van der Waals surface area contributed by atoms with E-state index in [2.05, 4.69) is 50.3 Å². The fraction of sp³-hybridized carbons (Fsp3) is 0.567. The molecule has 0 atom stereocenters. The number of rotatable bonds is 7. The van der Waals surface area contributed by atoms with Crippen molar-refractivity contribution < 1.29 is 9.53 Å². The van der Waals surface area contributed by atoms with Gasteiger partial charge in [0, 0.05) is 48.6 Å². The number of ether oxygens (including phenoxy) is 1. The van der Waals surface area contributed by atoms with Gasteiger partial charge in [-0.25, -0.2) is 4.98 Å². The molecular weight excluding hydrogens is 476 g/mol. The zero-order valence-corrected chi connectivity index (χ0v) is 22.8. The van der Waals surface area contributed by atoms with Crippen LogP contribution in [0.5, 0.6) is 0 Å². The number of nitrogens with zero attached hydrogens (tertiary/aromatic N) is 5. The standard InChI is InChI=1S/C30H40N6O2/c1-30(20-38-21-30)19-36-12-8-22(9-13-36)29(37)33-28-15-25-14-23(6-7-24(25)16-31-28)26-17-32-34(2)27(26)18-35-10-4-3-5-11-35/h6-7,14-17,22H,3-5,8-13,18-21H2,1-2H3,(H,31,33,37). The molecule has 0 unspecified atom stereocenters. The summed E-state index contributed by atoms with van der Waals surface area (Å²) in [6, 6.07) is 8.48. The first-order valence-corrected chi connectivity index (χ1v) is 14.2. The van der Waals surface area contributed by atoms with Crippen LogP contribution in [0.15, 0.2) is 36.7 Å². The van der Waals surface area contributed by atoms with Crippen molar-refractivity contribution in [3.63, 3.8) is 0 Å². The molecule has 1 amide bonds. The quantitative estimate of drug-likeness (QED) is 0.505. The Morgan fingerprint density at radius 1 is 1.03 bits per heavy atom. The summed E-state index contributed by atoms with van der Waals surface area (Å²) in [5.74, 6) is 0.746. The highest BCUT2D eigenvalue weighted by molar-refractivity contribution is 5.95. The van der Waals surface area contributed by atoms with E-state index in [0.717, 1.165) is 81.7 Å². The lowest BCUT2D eigenvalue weighted by molar-refractivity contribution is -0.125. The van der Waals surface area contributed by atoms with Gasteiger partial charge in [0.05, 0.1) is 25.1 Å². The summed E-state index contributed by atoms with van der Waals surface area (Å²) in [6.07, 6.45) is 9.51. The minimum absolute atomic E-state index is 0.0354. The minimum atomic E-state index is 0.0354. The van der Waals surface area contributed by atoms with E-state index in [9.17, 15) is 4.79 Å².